The first-order valence-electron chi connectivity index (χ1n) is 2.18. The Labute approximate surface area is 54.4 Å². The van der Waals surface area contributed by atoms with Crippen LogP contribution in [-0.2, 0) is 0 Å². The van der Waals surface area contributed by atoms with Crippen molar-refractivity contribution in [2.75, 3.05) is 0 Å². The van der Waals surface area contributed by atoms with E-state index in [1.54, 1.807) is 11.3 Å². The first-order chi connectivity index (χ1) is 3.29. The molecule has 0 unspecified atom stereocenters. The molecule has 2 heteroatoms. The van der Waals surface area contributed by atoms with Gasteiger partial charge >= 0.3 is 0 Å². The van der Waals surface area contributed by atoms with Crippen LogP contribution in [0.5, 0.6) is 0 Å². The molecule has 0 fully saturated rings. The summed E-state index contributed by atoms with van der Waals surface area (Å²) >= 11 is 1.69. The fourth-order valence-electron chi connectivity index (χ4n) is 0.472. The molecule has 0 aromatic carbocycles. The van der Waals surface area contributed by atoms with Crippen molar-refractivity contribution in [1.82, 2.24) is 4.98 Å². The van der Waals surface area contributed by atoms with Gasteiger partial charge in [0.25, 0.3) is 0 Å². The predicted molar refractivity (Wildman–Crippen MR) is 38.3 cm³/mol. The number of hydrogen-bond acceptors (Lipinski definition) is 2. The Morgan fingerprint density at radius 3 is 2.25 bits per heavy atom. The molecule has 0 aliphatic heterocycles. The smallest absolute Gasteiger partial charge is 0.0897 e. The standard InChI is InChI=1S/C5H7NS.CH4/c1-4-3-7-5(2)6-4;/h3H,1-2H3;1H4. The van der Waals surface area contributed by atoms with Crippen LogP contribution in [0.1, 0.15) is 18.1 Å². The van der Waals surface area contributed by atoms with Crippen molar-refractivity contribution in [3.8, 4) is 0 Å². The lowest BCUT2D eigenvalue weighted by Crippen LogP contribution is -1.67. The van der Waals surface area contributed by atoms with Crippen molar-refractivity contribution >= 4 is 11.3 Å². The van der Waals surface area contributed by atoms with Crippen LogP contribution in [0.25, 0.3) is 0 Å². The van der Waals surface area contributed by atoms with Gasteiger partial charge in [0, 0.05) is 11.1 Å². The third kappa shape index (κ3) is 1.62. The summed E-state index contributed by atoms with van der Waals surface area (Å²) in [6, 6.07) is 0. The molecule has 0 spiro atoms. The van der Waals surface area contributed by atoms with E-state index in [1.807, 2.05) is 13.8 Å². The summed E-state index contributed by atoms with van der Waals surface area (Å²) in [5.74, 6) is 0. The molecule has 0 aliphatic rings. The molecule has 0 amide bonds. The molecule has 0 bridgehead atoms. The lowest BCUT2D eigenvalue weighted by molar-refractivity contribution is 1.20. The van der Waals surface area contributed by atoms with Gasteiger partial charge in [0.2, 0.25) is 0 Å². The molecule has 0 aliphatic carbocycles. The zero-order valence-electron chi connectivity index (χ0n) is 4.43. The molecule has 1 aromatic heterocycles. The van der Waals surface area contributed by atoms with E-state index >= 15 is 0 Å². The first-order valence-corrected chi connectivity index (χ1v) is 3.06. The molecule has 1 aromatic rings. The quantitative estimate of drug-likeness (QED) is 0.524. The molecule has 8 heavy (non-hydrogen) atoms. The lowest BCUT2D eigenvalue weighted by Gasteiger charge is -1.71. The Hall–Kier alpha value is -0.370. The van der Waals surface area contributed by atoms with Crippen LogP contribution in [0.2, 0.25) is 0 Å². The van der Waals surface area contributed by atoms with Gasteiger partial charge in [-0.25, -0.2) is 4.98 Å². The van der Waals surface area contributed by atoms with Gasteiger partial charge in [0.05, 0.1) is 5.01 Å². The maximum absolute atomic E-state index is 4.13. The molecule has 0 N–H and O–H groups in total. The highest BCUT2D eigenvalue weighted by Crippen LogP contribution is 2.04. The van der Waals surface area contributed by atoms with Gasteiger partial charge in [-0.2, -0.15) is 0 Å². The van der Waals surface area contributed by atoms with Crippen LogP contribution >= 0.6 is 11.3 Å². The highest BCUT2D eigenvalue weighted by Gasteiger charge is 1.85. The lowest BCUT2D eigenvalue weighted by atomic mass is 10.6. The minimum Gasteiger partial charge on any atom is -0.247 e. The van der Waals surface area contributed by atoms with Gasteiger partial charge in [-0.05, 0) is 13.8 Å². The summed E-state index contributed by atoms with van der Waals surface area (Å²) in [7, 11) is 0. The van der Waals surface area contributed by atoms with Crippen molar-refractivity contribution < 1.29 is 0 Å². The van der Waals surface area contributed by atoms with E-state index in [0.717, 1.165) is 10.7 Å². The van der Waals surface area contributed by atoms with E-state index in [2.05, 4.69) is 10.4 Å². The predicted octanol–water partition coefficient (Wildman–Crippen LogP) is 2.40. The Bertz CT molecular complexity index is 141. The Balaban J connectivity index is 0.000000490. The fourth-order valence-corrected chi connectivity index (χ4v) is 1.06. The van der Waals surface area contributed by atoms with E-state index in [1.165, 1.54) is 0 Å². The van der Waals surface area contributed by atoms with E-state index in [-0.39, 0.29) is 7.43 Å². The average molecular weight is 129 g/mol. The van der Waals surface area contributed by atoms with Crippen LogP contribution in [0.15, 0.2) is 5.38 Å². The minimum atomic E-state index is 0. The van der Waals surface area contributed by atoms with Crippen molar-refractivity contribution in [2.24, 2.45) is 0 Å². The van der Waals surface area contributed by atoms with Gasteiger partial charge in [-0.15, -0.1) is 11.3 Å². The molecular formula is C6H11NS. The molecule has 0 atom stereocenters. The normalized spacial score (nSPS) is 8.25. The molecule has 0 saturated heterocycles. The Kier molecular flexibility index (Phi) is 2.69. The molecule has 1 rings (SSSR count). The highest BCUT2D eigenvalue weighted by molar-refractivity contribution is 7.09. The average Bonchev–Trinajstić information content (AvgIpc) is 1.87. The van der Waals surface area contributed by atoms with Gasteiger partial charge in [0.1, 0.15) is 0 Å². The summed E-state index contributed by atoms with van der Waals surface area (Å²) in [6.45, 7) is 4.02. The molecule has 1 nitrogen and oxygen atoms in total. The van der Waals surface area contributed by atoms with Crippen LogP contribution in [0, 0.1) is 13.8 Å². The molecule has 0 radical (unpaired) electrons. The van der Waals surface area contributed by atoms with E-state index in [4.69, 9.17) is 0 Å². The van der Waals surface area contributed by atoms with Crippen LogP contribution in [0.4, 0.5) is 0 Å². The highest BCUT2D eigenvalue weighted by atomic mass is 32.1. The van der Waals surface area contributed by atoms with E-state index < -0.39 is 0 Å². The minimum absolute atomic E-state index is 0. The number of thiazole rings is 1. The van der Waals surface area contributed by atoms with Gasteiger partial charge < -0.3 is 0 Å². The number of aromatic nitrogens is 1. The number of nitrogens with zero attached hydrogens (tertiary/aromatic N) is 1. The summed E-state index contributed by atoms with van der Waals surface area (Å²) < 4.78 is 0. The SMILES string of the molecule is C.Cc1csc(C)n1. The number of hydrogen-bond donors (Lipinski definition) is 0. The third-order valence-corrected chi connectivity index (χ3v) is 1.63. The topological polar surface area (TPSA) is 12.9 Å². The van der Waals surface area contributed by atoms with Crippen LogP contribution in [0.3, 0.4) is 0 Å². The van der Waals surface area contributed by atoms with E-state index in [0.29, 0.717) is 0 Å². The van der Waals surface area contributed by atoms with Gasteiger partial charge in [-0.1, -0.05) is 7.43 Å². The summed E-state index contributed by atoms with van der Waals surface area (Å²) in [6.07, 6.45) is 0. The molecule has 46 valence electrons. The van der Waals surface area contributed by atoms with E-state index in [9.17, 15) is 0 Å². The monoisotopic (exact) mass is 129 g/mol. The van der Waals surface area contributed by atoms with Gasteiger partial charge in [0.15, 0.2) is 0 Å². The second-order valence-corrected chi connectivity index (χ2v) is 2.57. The Morgan fingerprint density at radius 2 is 2.12 bits per heavy atom. The number of aryl methyl sites for hydroxylation is 2. The maximum atomic E-state index is 4.13. The van der Waals surface area contributed by atoms with Crippen molar-refractivity contribution in [1.29, 1.82) is 0 Å². The largest absolute Gasteiger partial charge is 0.247 e. The second kappa shape index (κ2) is 2.82. The summed E-state index contributed by atoms with van der Waals surface area (Å²) in [4.78, 5) is 4.13. The zero-order valence-corrected chi connectivity index (χ0v) is 5.25. The van der Waals surface area contributed by atoms with Gasteiger partial charge in [-0.3, -0.25) is 0 Å². The van der Waals surface area contributed by atoms with Crippen molar-refractivity contribution in [3.63, 3.8) is 0 Å². The van der Waals surface area contributed by atoms with Crippen molar-refractivity contribution in [2.45, 2.75) is 21.3 Å². The van der Waals surface area contributed by atoms with Crippen LogP contribution < -0.4 is 0 Å². The maximum Gasteiger partial charge on any atom is 0.0897 e. The third-order valence-electron chi connectivity index (χ3n) is 0.734. The van der Waals surface area contributed by atoms with Crippen LogP contribution in [-0.4, -0.2) is 4.98 Å². The Morgan fingerprint density at radius 1 is 1.50 bits per heavy atom. The number of rotatable bonds is 0. The molecular weight excluding hydrogens is 118 g/mol. The first kappa shape index (κ1) is 7.63. The zero-order chi connectivity index (χ0) is 5.28. The molecule has 1 heterocycles. The van der Waals surface area contributed by atoms with Crippen molar-refractivity contribution in [3.05, 3.63) is 16.1 Å². The summed E-state index contributed by atoms with van der Waals surface area (Å²) in [5, 5.41) is 3.20. The summed E-state index contributed by atoms with van der Waals surface area (Å²) in [5.41, 5.74) is 1.13. The molecule has 0 saturated carbocycles. The fraction of sp³-hybridized carbons (Fsp3) is 0.500. The second-order valence-electron chi connectivity index (χ2n) is 1.51.